The molecule has 1 atom stereocenters. The fraction of sp³-hybridized carbons (Fsp3) is 0.417. The van der Waals surface area contributed by atoms with Crippen molar-refractivity contribution in [1.82, 2.24) is 17.8 Å². The van der Waals surface area contributed by atoms with Gasteiger partial charge in [-0.3, -0.25) is 9.36 Å². The Bertz CT molecular complexity index is 895. The number of methoxy groups -OCH3 is 1. The van der Waals surface area contributed by atoms with E-state index in [1.54, 1.807) is 0 Å². The summed E-state index contributed by atoms with van der Waals surface area (Å²) in [5.41, 5.74) is 0.244. The Hall–Kier alpha value is -2.18. The summed E-state index contributed by atoms with van der Waals surface area (Å²) in [5, 5.41) is 11.0. The summed E-state index contributed by atoms with van der Waals surface area (Å²) >= 11 is 0.733. The summed E-state index contributed by atoms with van der Waals surface area (Å²) in [4.78, 5) is 27.2. The van der Waals surface area contributed by atoms with Gasteiger partial charge in [-0.15, -0.1) is 0 Å². The number of hydrogen-bond donors (Lipinski definition) is 1. The third kappa shape index (κ3) is 3.34. The minimum absolute atomic E-state index is 0.118. The van der Waals surface area contributed by atoms with E-state index in [1.165, 1.54) is 25.7 Å². The molecular formula is C12H16N4O6S2. The normalized spacial score (nSPS) is 13.2. The summed E-state index contributed by atoms with van der Waals surface area (Å²) in [6.45, 7) is 0. The van der Waals surface area contributed by atoms with Crippen molar-refractivity contribution in [2.75, 3.05) is 21.2 Å². The second-order valence-corrected chi connectivity index (χ2v) is 7.83. The zero-order chi connectivity index (χ0) is 18.1. The van der Waals surface area contributed by atoms with E-state index in [-0.39, 0.29) is 18.0 Å². The molecule has 2 rings (SSSR count). The van der Waals surface area contributed by atoms with E-state index in [0.29, 0.717) is 0 Å². The van der Waals surface area contributed by atoms with Crippen LogP contribution in [0.25, 0.3) is 0 Å². The van der Waals surface area contributed by atoms with Crippen LogP contribution < -0.4 is 4.87 Å². The Morgan fingerprint density at radius 1 is 1.50 bits per heavy atom. The molecule has 132 valence electrons. The smallest absolute Gasteiger partial charge is 0.329 e. The van der Waals surface area contributed by atoms with Gasteiger partial charge in [0, 0.05) is 26.7 Å². The van der Waals surface area contributed by atoms with Crippen LogP contribution in [0, 0.1) is 0 Å². The molecule has 0 aliphatic rings. The molecule has 0 amide bonds. The third-order valence-electron chi connectivity index (χ3n) is 3.24. The van der Waals surface area contributed by atoms with Crippen molar-refractivity contribution in [1.29, 1.82) is 0 Å². The predicted octanol–water partition coefficient (Wildman–Crippen LogP) is -0.577. The molecule has 0 fully saturated rings. The summed E-state index contributed by atoms with van der Waals surface area (Å²) in [7, 11) is 0.160. The summed E-state index contributed by atoms with van der Waals surface area (Å²) < 4.78 is 31.5. The first-order chi connectivity index (χ1) is 11.2. The Balaban J connectivity index is 2.38. The number of aromatic nitrogens is 3. The maximum Gasteiger partial charge on any atom is 0.329 e. The molecular weight excluding hydrogens is 360 g/mol. The average molecular weight is 376 g/mol. The lowest BCUT2D eigenvalue weighted by Crippen LogP contribution is -2.29. The lowest BCUT2D eigenvalue weighted by molar-refractivity contribution is -0.144. The van der Waals surface area contributed by atoms with E-state index in [2.05, 4.69) is 9.72 Å². The third-order valence-corrected chi connectivity index (χ3v) is 5.62. The van der Waals surface area contributed by atoms with Crippen LogP contribution in [-0.2, 0) is 26.2 Å². The Morgan fingerprint density at radius 2 is 2.17 bits per heavy atom. The van der Waals surface area contributed by atoms with Crippen molar-refractivity contribution >= 4 is 27.5 Å². The number of ether oxygens (including phenoxy) is 1. The number of hydrogen-bond acceptors (Lipinski definition) is 8. The molecule has 1 unspecified atom stereocenters. The zero-order valence-corrected chi connectivity index (χ0v) is 14.7. The SMILES string of the molecule is COC(=O)C(Cc1cn(S(=O)(=O)N(C)C)cn1)n1c(O)csc1=O. The van der Waals surface area contributed by atoms with Crippen LogP contribution in [0.4, 0.5) is 0 Å². The molecule has 0 aromatic carbocycles. The second-order valence-electron chi connectivity index (χ2n) is 4.96. The number of esters is 1. The molecule has 10 nitrogen and oxygen atoms in total. The lowest BCUT2D eigenvalue weighted by Gasteiger charge is -2.15. The van der Waals surface area contributed by atoms with Gasteiger partial charge in [0.15, 0.2) is 0 Å². The highest BCUT2D eigenvalue weighted by molar-refractivity contribution is 7.87. The van der Waals surface area contributed by atoms with Gasteiger partial charge in [-0.25, -0.2) is 13.8 Å². The van der Waals surface area contributed by atoms with Crippen LogP contribution >= 0.6 is 11.3 Å². The molecule has 0 aliphatic heterocycles. The largest absolute Gasteiger partial charge is 0.494 e. The van der Waals surface area contributed by atoms with Crippen molar-refractivity contribution in [2.45, 2.75) is 12.5 Å². The second kappa shape index (κ2) is 6.75. The number of imidazole rings is 1. The Labute approximate surface area is 141 Å². The first-order valence-corrected chi connectivity index (χ1v) is 8.89. The number of nitrogens with zero attached hydrogens (tertiary/aromatic N) is 4. The lowest BCUT2D eigenvalue weighted by atomic mass is 10.1. The van der Waals surface area contributed by atoms with Crippen LogP contribution in [0.2, 0.25) is 0 Å². The van der Waals surface area contributed by atoms with Gasteiger partial charge in [-0.05, 0) is 0 Å². The molecule has 12 heteroatoms. The molecule has 2 aromatic rings. The number of rotatable bonds is 6. The average Bonchev–Trinajstić information content (AvgIpc) is 3.12. The molecule has 0 spiro atoms. The minimum atomic E-state index is -3.73. The molecule has 0 saturated heterocycles. The topological polar surface area (TPSA) is 124 Å². The molecule has 0 radical (unpaired) electrons. The van der Waals surface area contributed by atoms with Crippen molar-refractivity contribution in [3.8, 4) is 5.88 Å². The van der Waals surface area contributed by atoms with Gasteiger partial charge in [-0.2, -0.15) is 12.7 Å². The standard InChI is InChI=1S/C12H16N4O6S2/c1-14(2)24(20,21)15-5-8(13-7-15)4-9(11(18)22-3)16-10(17)6-23-12(16)19/h5-7,9,17H,4H2,1-3H3. The van der Waals surface area contributed by atoms with Gasteiger partial charge in [0.05, 0.1) is 18.2 Å². The van der Waals surface area contributed by atoms with E-state index in [9.17, 15) is 23.1 Å². The van der Waals surface area contributed by atoms with Gasteiger partial charge in [0.1, 0.15) is 12.4 Å². The van der Waals surface area contributed by atoms with Gasteiger partial charge in [0.2, 0.25) is 5.88 Å². The number of carbonyl (C=O) groups is 1. The fourth-order valence-electron chi connectivity index (χ4n) is 1.98. The highest BCUT2D eigenvalue weighted by Crippen LogP contribution is 2.21. The maximum absolute atomic E-state index is 12.0. The van der Waals surface area contributed by atoms with Crippen molar-refractivity contribution in [3.05, 3.63) is 33.3 Å². The predicted molar refractivity (Wildman–Crippen MR) is 85.2 cm³/mol. The van der Waals surface area contributed by atoms with Crippen LogP contribution in [0.5, 0.6) is 5.88 Å². The number of thiazole rings is 1. The highest BCUT2D eigenvalue weighted by atomic mass is 32.2. The minimum Gasteiger partial charge on any atom is -0.494 e. The zero-order valence-electron chi connectivity index (χ0n) is 13.1. The fourth-order valence-corrected chi connectivity index (χ4v) is 3.43. The van der Waals surface area contributed by atoms with E-state index in [0.717, 1.165) is 37.6 Å². The van der Waals surface area contributed by atoms with E-state index < -0.39 is 27.1 Å². The Kier molecular flexibility index (Phi) is 5.11. The molecule has 0 saturated carbocycles. The van der Waals surface area contributed by atoms with Gasteiger partial charge in [0.25, 0.3) is 0 Å². The summed E-state index contributed by atoms with van der Waals surface area (Å²) in [6, 6.07) is -1.15. The monoisotopic (exact) mass is 376 g/mol. The summed E-state index contributed by atoms with van der Waals surface area (Å²) in [6.07, 6.45) is 2.21. The van der Waals surface area contributed by atoms with Gasteiger partial charge in [-0.1, -0.05) is 11.3 Å². The van der Waals surface area contributed by atoms with Crippen LogP contribution in [0.15, 0.2) is 22.7 Å². The molecule has 0 aliphatic carbocycles. The van der Waals surface area contributed by atoms with Crippen LogP contribution in [-0.4, -0.2) is 58.5 Å². The van der Waals surface area contributed by atoms with Crippen LogP contribution in [0.1, 0.15) is 11.7 Å². The van der Waals surface area contributed by atoms with Gasteiger partial charge < -0.3 is 9.84 Å². The van der Waals surface area contributed by atoms with E-state index in [4.69, 9.17) is 0 Å². The van der Waals surface area contributed by atoms with Crippen molar-refractivity contribution in [3.63, 3.8) is 0 Å². The number of aromatic hydroxyl groups is 1. The van der Waals surface area contributed by atoms with E-state index in [1.807, 2.05) is 0 Å². The Morgan fingerprint density at radius 3 is 2.67 bits per heavy atom. The molecule has 24 heavy (non-hydrogen) atoms. The first kappa shape index (κ1) is 18.2. The highest BCUT2D eigenvalue weighted by Gasteiger charge is 2.28. The molecule has 2 heterocycles. The molecule has 1 N–H and O–H groups in total. The molecule has 0 bridgehead atoms. The first-order valence-electron chi connectivity index (χ1n) is 6.61. The van der Waals surface area contributed by atoms with Crippen molar-refractivity contribution in [2.24, 2.45) is 0 Å². The maximum atomic E-state index is 12.0. The number of carbonyl (C=O) groups excluding carboxylic acids is 1. The molecule has 2 aromatic heterocycles. The van der Waals surface area contributed by atoms with Gasteiger partial charge >= 0.3 is 21.1 Å². The van der Waals surface area contributed by atoms with Crippen molar-refractivity contribution < 1.29 is 23.1 Å². The van der Waals surface area contributed by atoms with E-state index >= 15 is 0 Å². The summed E-state index contributed by atoms with van der Waals surface area (Å²) in [5.74, 6) is -1.13. The quantitative estimate of drug-likeness (QED) is 0.669. The van der Waals surface area contributed by atoms with Crippen LogP contribution in [0.3, 0.4) is 0 Å².